The molecule has 0 amide bonds. The molecule has 2 heterocycles. The third-order valence-electron chi connectivity index (χ3n) is 3.86. The Hall–Kier alpha value is -4.28. The molecule has 142 valence electrons. The van der Waals surface area contributed by atoms with E-state index in [1.165, 1.54) is 24.3 Å². The van der Waals surface area contributed by atoms with Crippen LogP contribution in [0.3, 0.4) is 0 Å². The molecule has 0 atom stereocenters. The van der Waals surface area contributed by atoms with E-state index in [2.05, 4.69) is 4.98 Å². The lowest BCUT2D eigenvalue weighted by atomic mass is 10.1. The van der Waals surface area contributed by atoms with Crippen molar-refractivity contribution in [2.75, 3.05) is 0 Å². The molecule has 11 heteroatoms. The molecule has 0 saturated carbocycles. The first-order valence-electron chi connectivity index (χ1n) is 7.80. The predicted molar refractivity (Wildman–Crippen MR) is 98.8 cm³/mol. The minimum atomic E-state index is -1.12. The van der Waals surface area contributed by atoms with Crippen molar-refractivity contribution in [2.45, 2.75) is 6.92 Å². The van der Waals surface area contributed by atoms with Crippen molar-refractivity contribution in [3.8, 4) is 11.3 Å². The fraction of sp³-hybridized carbons (Fsp3) is 0.0588. The summed E-state index contributed by atoms with van der Waals surface area (Å²) in [6, 6.07) is 7.52. The van der Waals surface area contributed by atoms with Gasteiger partial charge in [-0.15, -0.1) is 0 Å². The number of benzene rings is 1. The van der Waals surface area contributed by atoms with Gasteiger partial charge in [0.25, 0.3) is 5.69 Å². The van der Waals surface area contributed by atoms with E-state index in [1.807, 2.05) is 0 Å². The zero-order valence-corrected chi connectivity index (χ0v) is 14.3. The molecule has 2 aromatic heterocycles. The van der Waals surface area contributed by atoms with Crippen LogP contribution < -0.4 is 11.2 Å². The monoisotopic (exact) mass is 384 g/mol. The molecule has 0 aliphatic carbocycles. The second kappa shape index (κ2) is 7.15. The Balaban J connectivity index is 1.94. The maximum atomic E-state index is 11.6. The van der Waals surface area contributed by atoms with Crippen LogP contribution in [0.4, 0.5) is 11.4 Å². The SMILES string of the molecule is Cc1cc([N+](=O)[O-])ccc1-c1ccc(/C=C/c2[nH]c(=O)[nH]c(=O)c2[N+](=O)[O-])o1. The van der Waals surface area contributed by atoms with Crippen LogP contribution in [0, 0.1) is 27.2 Å². The van der Waals surface area contributed by atoms with Crippen LogP contribution >= 0.6 is 0 Å². The van der Waals surface area contributed by atoms with Gasteiger partial charge in [-0.2, -0.15) is 0 Å². The van der Waals surface area contributed by atoms with E-state index >= 15 is 0 Å². The summed E-state index contributed by atoms with van der Waals surface area (Å²) in [5.74, 6) is 0.726. The topological polar surface area (TPSA) is 165 Å². The Morgan fingerprint density at radius 1 is 1.00 bits per heavy atom. The van der Waals surface area contributed by atoms with Gasteiger partial charge >= 0.3 is 16.9 Å². The van der Waals surface area contributed by atoms with Crippen molar-refractivity contribution in [3.63, 3.8) is 0 Å². The van der Waals surface area contributed by atoms with Crippen LogP contribution in [0.1, 0.15) is 17.0 Å². The largest absolute Gasteiger partial charge is 0.457 e. The Labute approximate surface area is 155 Å². The van der Waals surface area contributed by atoms with E-state index in [1.54, 1.807) is 30.1 Å². The fourth-order valence-electron chi connectivity index (χ4n) is 2.59. The van der Waals surface area contributed by atoms with Crippen molar-refractivity contribution < 1.29 is 14.3 Å². The summed E-state index contributed by atoms with van der Waals surface area (Å²) in [5, 5.41) is 21.8. The quantitative estimate of drug-likeness (QED) is 0.504. The van der Waals surface area contributed by atoms with Gasteiger partial charge in [0.15, 0.2) is 0 Å². The number of rotatable bonds is 5. The van der Waals surface area contributed by atoms with Gasteiger partial charge in [-0.1, -0.05) is 0 Å². The molecule has 0 spiro atoms. The second-order valence-electron chi connectivity index (χ2n) is 5.72. The van der Waals surface area contributed by atoms with E-state index in [-0.39, 0.29) is 11.4 Å². The van der Waals surface area contributed by atoms with E-state index in [0.29, 0.717) is 22.6 Å². The summed E-state index contributed by atoms with van der Waals surface area (Å²) in [6.45, 7) is 1.70. The van der Waals surface area contributed by atoms with E-state index < -0.39 is 26.8 Å². The fourth-order valence-corrected chi connectivity index (χ4v) is 2.59. The highest BCUT2D eigenvalue weighted by Crippen LogP contribution is 2.29. The van der Waals surface area contributed by atoms with Gasteiger partial charge < -0.3 is 9.40 Å². The molecule has 11 nitrogen and oxygen atoms in total. The molecule has 0 bridgehead atoms. The number of non-ortho nitro benzene ring substituents is 1. The zero-order chi connectivity index (χ0) is 20.4. The number of aromatic nitrogens is 2. The van der Waals surface area contributed by atoms with Crippen LogP contribution in [0.15, 0.2) is 44.3 Å². The highest BCUT2D eigenvalue weighted by Gasteiger charge is 2.19. The average molecular weight is 384 g/mol. The number of nitro groups is 2. The third kappa shape index (κ3) is 3.62. The number of H-pyrrole nitrogens is 2. The molecule has 0 aliphatic rings. The first kappa shape index (κ1) is 18.5. The molecular formula is C17H12N4O7. The molecule has 2 N–H and O–H groups in total. The number of aromatic amines is 2. The predicted octanol–water partition coefficient (Wildman–Crippen LogP) is 2.62. The van der Waals surface area contributed by atoms with Crippen molar-refractivity contribution in [2.24, 2.45) is 0 Å². The van der Waals surface area contributed by atoms with Crippen LogP contribution in [0.5, 0.6) is 0 Å². The smallest absolute Gasteiger partial charge is 0.357 e. The normalized spacial score (nSPS) is 11.0. The molecule has 3 rings (SSSR count). The first-order chi connectivity index (χ1) is 13.3. The van der Waals surface area contributed by atoms with Gasteiger partial charge in [0.1, 0.15) is 17.2 Å². The molecule has 0 fully saturated rings. The molecule has 0 aliphatic heterocycles. The summed E-state index contributed by atoms with van der Waals surface area (Å²) < 4.78 is 5.63. The van der Waals surface area contributed by atoms with Gasteiger partial charge in [-0.05, 0) is 42.8 Å². The lowest BCUT2D eigenvalue weighted by Gasteiger charge is -2.02. The number of nitrogens with zero attached hydrogens (tertiary/aromatic N) is 2. The number of furan rings is 1. The van der Waals surface area contributed by atoms with Gasteiger partial charge in [0.05, 0.1) is 9.85 Å². The van der Waals surface area contributed by atoms with Crippen LogP contribution in [0.25, 0.3) is 23.5 Å². The van der Waals surface area contributed by atoms with Crippen molar-refractivity contribution in [3.05, 3.63) is 88.4 Å². The summed E-state index contributed by atoms with van der Waals surface area (Å²) >= 11 is 0. The summed E-state index contributed by atoms with van der Waals surface area (Å²) in [6.07, 6.45) is 2.53. The average Bonchev–Trinajstić information content (AvgIpc) is 3.07. The molecule has 28 heavy (non-hydrogen) atoms. The summed E-state index contributed by atoms with van der Waals surface area (Å²) in [5.41, 5.74) is -1.84. The molecular weight excluding hydrogens is 372 g/mol. The summed E-state index contributed by atoms with van der Waals surface area (Å²) in [4.78, 5) is 47.4. The Bertz CT molecular complexity index is 1230. The lowest BCUT2D eigenvalue weighted by molar-refractivity contribution is -0.386. The minimum Gasteiger partial charge on any atom is -0.457 e. The Morgan fingerprint density at radius 3 is 2.39 bits per heavy atom. The van der Waals surface area contributed by atoms with Gasteiger partial charge in [0, 0.05) is 17.7 Å². The molecule has 0 radical (unpaired) electrons. The minimum absolute atomic E-state index is 0.0431. The Morgan fingerprint density at radius 2 is 1.75 bits per heavy atom. The Kier molecular flexibility index (Phi) is 4.73. The maximum absolute atomic E-state index is 11.6. The van der Waals surface area contributed by atoms with Crippen LogP contribution in [0.2, 0.25) is 0 Å². The van der Waals surface area contributed by atoms with E-state index in [0.717, 1.165) is 0 Å². The lowest BCUT2D eigenvalue weighted by Crippen LogP contribution is -2.25. The molecule has 0 unspecified atom stereocenters. The van der Waals surface area contributed by atoms with Gasteiger partial charge in [-0.25, -0.2) is 4.79 Å². The van der Waals surface area contributed by atoms with Crippen molar-refractivity contribution in [1.29, 1.82) is 0 Å². The second-order valence-corrected chi connectivity index (χ2v) is 5.72. The number of aryl methyl sites for hydroxylation is 1. The number of nitro benzene ring substituents is 1. The van der Waals surface area contributed by atoms with Crippen LogP contribution in [-0.2, 0) is 0 Å². The summed E-state index contributed by atoms with van der Waals surface area (Å²) in [7, 11) is 0. The molecule has 1 aromatic carbocycles. The van der Waals surface area contributed by atoms with Crippen molar-refractivity contribution >= 4 is 23.5 Å². The standard InChI is InChI=1S/C17H12N4O7/c1-9-8-10(20(24)25)2-5-12(9)14-7-4-11(28-14)3-6-13-15(21(26)27)16(22)19-17(23)18-13/h2-8H,1H3,(H2,18,19,22,23)/b6-3+. The third-order valence-corrected chi connectivity index (χ3v) is 3.86. The maximum Gasteiger partial charge on any atom is 0.357 e. The first-order valence-corrected chi connectivity index (χ1v) is 7.80. The zero-order valence-electron chi connectivity index (χ0n) is 14.3. The number of hydrogen-bond donors (Lipinski definition) is 2. The van der Waals surface area contributed by atoms with Gasteiger partial charge in [0.2, 0.25) is 0 Å². The highest BCUT2D eigenvalue weighted by atomic mass is 16.6. The highest BCUT2D eigenvalue weighted by molar-refractivity contribution is 5.72. The number of hydrogen-bond acceptors (Lipinski definition) is 7. The van der Waals surface area contributed by atoms with E-state index in [9.17, 15) is 29.8 Å². The molecule has 3 aromatic rings. The van der Waals surface area contributed by atoms with E-state index in [4.69, 9.17) is 4.42 Å². The van der Waals surface area contributed by atoms with Crippen molar-refractivity contribution in [1.82, 2.24) is 9.97 Å². The molecule has 0 saturated heterocycles. The number of nitrogens with one attached hydrogen (secondary N) is 2. The van der Waals surface area contributed by atoms with Crippen LogP contribution in [-0.4, -0.2) is 19.8 Å². The van der Waals surface area contributed by atoms with Gasteiger partial charge in [-0.3, -0.25) is 30.0 Å².